The van der Waals surface area contributed by atoms with E-state index in [1.807, 2.05) is 25.3 Å². The van der Waals surface area contributed by atoms with Crippen LogP contribution in [0.1, 0.15) is 49.2 Å². The SMILES string of the molecule is CCC(O)(CC)CNC(=O)CCCNC(=O)c1cccs1. The Labute approximate surface area is 129 Å². The van der Waals surface area contributed by atoms with Crippen LogP contribution in [0.15, 0.2) is 17.5 Å². The van der Waals surface area contributed by atoms with Crippen molar-refractivity contribution in [1.29, 1.82) is 0 Å². The van der Waals surface area contributed by atoms with Crippen LogP contribution in [-0.2, 0) is 4.79 Å². The van der Waals surface area contributed by atoms with E-state index < -0.39 is 5.60 Å². The number of thiophene rings is 1. The molecule has 1 aromatic heterocycles. The number of aliphatic hydroxyl groups is 1. The van der Waals surface area contributed by atoms with Gasteiger partial charge in [-0.1, -0.05) is 19.9 Å². The monoisotopic (exact) mass is 312 g/mol. The zero-order chi connectivity index (χ0) is 15.7. The second-order valence-corrected chi connectivity index (χ2v) is 5.99. The third-order valence-electron chi connectivity index (χ3n) is 3.54. The molecule has 0 unspecified atom stereocenters. The highest BCUT2D eigenvalue weighted by Gasteiger charge is 2.22. The van der Waals surface area contributed by atoms with E-state index in [2.05, 4.69) is 10.6 Å². The normalized spacial score (nSPS) is 11.2. The summed E-state index contributed by atoms with van der Waals surface area (Å²) in [5.74, 6) is -0.197. The van der Waals surface area contributed by atoms with Crippen molar-refractivity contribution in [2.24, 2.45) is 0 Å². The number of hydrogen-bond donors (Lipinski definition) is 3. The quantitative estimate of drug-likeness (QED) is 0.610. The average molecular weight is 312 g/mol. The van der Waals surface area contributed by atoms with E-state index in [0.29, 0.717) is 37.1 Å². The summed E-state index contributed by atoms with van der Waals surface area (Å²) in [4.78, 5) is 24.0. The van der Waals surface area contributed by atoms with Gasteiger partial charge < -0.3 is 15.7 Å². The Morgan fingerprint density at radius 3 is 2.57 bits per heavy atom. The van der Waals surface area contributed by atoms with Crippen LogP contribution in [0.5, 0.6) is 0 Å². The van der Waals surface area contributed by atoms with Gasteiger partial charge in [-0.3, -0.25) is 9.59 Å². The van der Waals surface area contributed by atoms with Gasteiger partial charge in [0, 0.05) is 19.5 Å². The van der Waals surface area contributed by atoms with Gasteiger partial charge in [-0.2, -0.15) is 0 Å². The molecule has 6 heteroatoms. The third kappa shape index (κ3) is 6.27. The highest BCUT2D eigenvalue weighted by Crippen LogP contribution is 2.12. The maximum absolute atomic E-state index is 11.7. The first-order chi connectivity index (χ1) is 10.0. The lowest BCUT2D eigenvalue weighted by molar-refractivity contribution is -0.122. The minimum absolute atomic E-state index is 0.0966. The smallest absolute Gasteiger partial charge is 0.261 e. The zero-order valence-electron chi connectivity index (χ0n) is 12.6. The van der Waals surface area contributed by atoms with E-state index >= 15 is 0 Å². The second kappa shape index (κ2) is 8.79. The summed E-state index contributed by atoms with van der Waals surface area (Å²) in [5, 5.41) is 17.4. The first-order valence-corrected chi connectivity index (χ1v) is 8.19. The lowest BCUT2D eigenvalue weighted by Crippen LogP contribution is -2.42. The zero-order valence-corrected chi connectivity index (χ0v) is 13.5. The molecule has 0 saturated carbocycles. The molecular formula is C15H24N2O3S. The van der Waals surface area contributed by atoms with Gasteiger partial charge in [0.15, 0.2) is 0 Å². The molecule has 1 heterocycles. The van der Waals surface area contributed by atoms with Crippen LogP contribution in [0.2, 0.25) is 0 Å². The minimum atomic E-state index is -0.816. The molecule has 21 heavy (non-hydrogen) atoms. The molecule has 0 saturated heterocycles. The van der Waals surface area contributed by atoms with Crippen molar-refractivity contribution < 1.29 is 14.7 Å². The first-order valence-electron chi connectivity index (χ1n) is 7.31. The van der Waals surface area contributed by atoms with Crippen LogP contribution in [0, 0.1) is 0 Å². The molecule has 0 bridgehead atoms. The predicted molar refractivity (Wildman–Crippen MR) is 84.4 cm³/mol. The molecule has 2 amide bonds. The van der Waals surface area contributed by atoms with E-state index in [9.17, 15) is 14.7 Å². The molecule has 118 valence electrons. The number of rotatable bonds is 9. The van der Waals surface area contributed by atoms with Crippen molar-refractivity contribution in [2.45, 2.75) is 45.1 Å². The number of carbonyl (C=O) groups is 2. The fraction of sp³-hybridized carbons (Fsp3) is 0.600. The van der Waals surface area contributed by atoms with Gasteiger partial charge >= 0.3 is 0 Å². The largest absolute Gasteiger partial charge is 0.388 e. The first kappa shape index (κ1) is 17.7. The second-order valence-electron chi connectivity index (χ2n) is 5.04. The molecule has 0 fully saturated rings. The minimum Gasteiger partial charge on any atom is -0.388 e. The van der Waals surface area contributed by atoms with Crippen LogP contribution >= 0.6 is 11.3 Å². The van der Waals surface area contributed by atoms with Crippen LogP contribution in [-0.4, -0.2) is 35.6 Å². The standard InChI is InChI=1S/C15H24N2O3S/c1-3-15(20,4-2)11-17-13(18)8-5-9-16-14(19)12-7-6-10-21-12/h6-7,10,20H,3-5,8-9,11H2,1-2H3,(H,16,19)(H,17,18). The molecular weight excluding hydrogens is 288 g/mol. The number of hydrogen-bond acceptors (Lipinski definition) is 4. The van der Waals surface area contributed by atoms with E-state index in [-0.39, 0.29) is 18.4 Å². The summed E-state index contributed by atoms with van der Waals surface area (Å²) in [7, 11) is 0. The molecule has 0 aromatic carbocycles. The summed E-state index contributed by atoms with van der Waals surface area (Å²) in [6.45, 7) is 4.54. The average Bonchev–Trinajstić information content (AvgIpc) is 3.03. The van der Waals surface area contributed by atoms with Crippen LogP contribution in [0.4, 0.5) is 0 Å². The molecule has 3 N–H and O–H groups in total. The van der Waals surface area contributed by atoms with Crippen LogP contribution in [0.25, 0.3) is 0 Å². The molecule has 0 atom stereocenters. The van der Waals surface area contributed by atoms with Crippen molar-refractivity contribution >= 4 is 23.2 Å². The van der Waals surface area contributed by atoms with Gasteiger partial charge in [-0.15, -0.1) is 11.3 Å². The Morgan fingerprint density at radius 2 is 2.00 bits per heavy atom. The lowest BCUT2D eigenvalue weighted by atomic mass is 9.97. The molecule has 1 aromatic rings. The maximum atomic E-state index is 11.7. The van der Waals surface area contributed by atoms with Gasteiger partial charge in [-0.05, 0) is 30.7 Å². The van der Waals surface area contributed by atoms with Crippen molar-refractivity contribution in [3.8, 4) is 0 Å². The molecule has 5 nitrogen and oxygen atoms in total. The summed E-state index contributed by atoms with van der Waals surface area (Å²) in [6, 6.07) is 3.60. The van der Waals surface area contributed by atoms with Crippen molar-refractivity contribution in [3.05, 3.63) is 22.4 Å². The number of nitrogens with one attached hydrogen (secondary N) is 2. The third-order valence-corrected chi connectivity index (χ3v) is 4.41. The Morgan fingerprint density at radius 1 is 1.29 bits per heavy atom. The van der Waals surface area contributed by atoms with Gasteiger partial charge in [0.2, 0.25) is 5.91 Å². The van der Waals surface area contributed by atoms with Crippen molar-refractivity contribution in [2.75, 3.05) is 13.1 Å². The van der Waals surface area contributed by atoms with Crippen LogP contribution in [0.3, 0.4) is 0 Å². The predicted octanol–water partition coefficient (Wildman–Crippen LogP) is 1.93. The van der Waals surface area contributed by atoms with Crippen LogP contribution < -0.4 is 10.6 Å². The van der Waals surface area contributed by atoms with E-state index in [1.165, 1.54) is 11.3 Å². The van der Waals surface area contributed by atoms with E-state index in [4.69, 9.17) is 0 Å². The fourth-order valence-corrected chi connectivity index (χ4v) is 2.44. The fourth-order valence-electron chi connectivity index (χ4n) is 1.80. The lowest BCUT2D eigenvalue weighted by Gasteiger charge is -2.25. The summed E-state index contributed by atoms with van der Waals surface area (Å²) >= 11 is 1.39. The Hall–Kier alpha value is -1.40. The number of amides is 2. The summed E-state index contributed by atoms with van der Waals surface area (Å²) in [6.07, 6.45) is 2.15. The molecule has 0 aliphatic heterocycles. The van der Waals surface area contributed by atoms with Crippen molar-refractivity contribution in [3.63, 3.8) is 0 Å². The van der Waals surface area contributed by atoms with Gasteiger partial charge in [0.1, 0.15) is 0 Å². The Kier molecular flexibility index (Phi) is 7.39. The summed E-state index contributed by atoms with van der Waals surface area (Å²) in [5.41, 5.74) is -0.816. The van der Waals surface area contributed by atoms with E-state index in [0.717, 1.165) is 0 Å². The van der Waals surface area contributed by atoms with E-state index in [1.54, 1.807) is 6.07 Å². The number of carbonyl (C=O) groups excluding carboxylic acids is 2. The molecule has 0 aliphatic rings. The molecule has 0 radical (unpaired) electrons. The highest BCUT2D eigenvalue weighted by molar-refractivity contribution is 7.12. The molecule has 0 aliphatic carbocycles. The Bertz CT molecular complexity index is 442. The van der Waals surface area contributed by atoms with Gasteiger partial charge in [0.25, 0.3) is 5.91 Å². The summed E-state index contributed by atoms with van der Waals surface area (Å²) < 4.78 is 0. The van der Waals surface area contributed by atoms with Gasteiger partial charge in [-0.25, -0.2) is 0 Å². The topological polar surface area (TPSA) is 78.4 Å². The molecule has 1 rings (SSSR count). The highest BCUT2D eigenvalue weighted by atomic mass is 32.1. The van der Waals surface area contributed by atoms with Gasteiger partial charge in [0.05, 0.1) is 10.5 Å². The maximum Gasteiger partial charge on any atom is 0.261 e. The Balaban J connectivity index is 2.15. The van der Waals surface area contributed by atoms with Crippen molar-refractivity contribution in [1.82, 2.24) is 10.6 Å². The molecule has 0 spiro atoms.